The molecule has 0 radical (unpaired) electrons. The molecule has 0 bridgehead atoms. The molecule has 1 aromatic heterocycles. The molecule has 3 aromatic rings. The molecule has 1 saturated heterocycles. The minimum atomic E-state index is -4.54. The van der Waals surface area contributed by atoms with E-state index in [1.165, 1.54) is 40.8 Å². The molecule has 32 heavy (non-hydrogen) atoms. The average Bonchev–Trinajstić information content (AvgIpc) is 3.24. The third-order valence-corrected chi connectivity index (χ3v) is 7.71. The van der Waals surface area contributed by atoms with Crippen LogP contribution < -0.4 is 0 Å². The van der Waals surface area contributed by atoms with Gasteiger partial charge in [0.2, 0.25) is 10.0 Å². The number of H-pyrrole nitrogens is 1. The van der Waals surface area contributed by atoms with Crippen LogP contribution in [-0.2, 0) is 16.2 Å². The van der Waals surface area contributed by atoms with Gasteiger partial charge < -0.3 is 10.1 Å². The molecule has 6 nitrogen and oxygen atoms in total. The Balaban J connectivity index is 1.70. The maximum Gasteiger partial charge on any atom is 0.417 e. The monoisotopic (exact) mass is 485 g/mol. The average molecular weight is 486 g/mol. The molecule has 0 unspecified atom stereocenters. The zero-order valence-electron chi connectivity index (χ0n) is 16.6. The molecule has 170 valence electrons. The van der Waals surface area contributed by atoms with Crippen LogP contribution in [0.15, 0.2) is 53.6 Å². The number of aromatic amines is 1. The number of sulfonamides is 1. The van der Waals surface area contributed by atoms with Crippen molar-refractivity contribution in [3.63, 3.8) is 0 Å². The van der Waals surface area contributed by atoms with E-state index < -0.39 is 27.9 Å². The van der Waals surface area contributed by atoms with Crippen LogP contribution in [-0.4, -0.2) is 47.0 Å². The lowest BCUT2D eigenvalue weighted by Crippen LogP contribution is -2.40. The molecule has 1 aliphatic heterocycles. The number of rotatable bonds is 4. The highest BCUT2D eigenvalue weighted by Crippen LogP contribution is 2.37. The number of aromatic nitrogens is 2. The molecule has 1 fully saturated rings. The third kappa shape index (κ3) is 4.40. The summed E-state index contributed by atoms with van der Waals surface area (Å²) in [5.41, 5.74) is -0.459. The Morgan fingerprint density at radius 3 is 2.50 bits per heavy atom. The van der Waals surface area contributed by atoms with Crippen LogP contribution in [0.3, 0.4) is 0 Å². The van der Waals surface area contributed by atoms with Crippen molar-refractivity contribution in [2.45, 2.75) is 30.0 Å². The molecule has 0 amide bonds. The first kappa shape index (κ1) is 22.8. The maximum absolute atomic E-state index is 13.4. The normalized spacial score (nSPS) is 16.4. The van der Waals surface area contributed by atoms with E-state index in [0.29, 0.717) is 18.4 Å². The van der Waals surface area contributed by atoms with Crippen molar-refractivity contribution in [3.05, 3.63) is 59.2 Å². The van der Waals surface area contributed by atoms with Crippen molar-refractivity contribution in [2.24, 2.45) is 0 Å². The van der Waals surface area contributed by atoms with Crippen molar-refractivity contribution >= 4 is 21.6 Å². The van der Waals surface area contributed by atoms with Gasteiger partial charge in [-0.05, 0) is 37.1 Å². The lowest BCUT2D eigenvalue weighted by Gasteiger charge is -2.29. The van der Waals surface area contributed by atoms with E-state index >= 15 is 0 Å². The van der Waals surface area contributed by atoms with E-state index in [-0.39, 0.29) is 40.1 Å². The van der Waals surface area contributed by atoms with E-state index in [9.17, 15) is 26.7 Å². The molecule has 0 atom stereocenters. The molecule has 2 heterocycles. The van der Waals surface area contributed by atoms with Gasteiger partial charge in [-0.15, -0.1) is 0 Å². The fourth-order valence-electron chi connectivity index (χ4n) is 3.63. The first-order valence-corrected chi connectivity index (χ1v) is 11.6. The number of hydrogen-bond acceptors (Lipinski definition) is 4. The van der Waals surface area contributed by atoms with E-state index in [2.05, 4.69) is 9.97 Å². The summed E-state index contributed by atoms with van der Waals surface area (Å²) < 4.78 is 67.5. The van der Waals surface area contributed by atoms with E-state index in [0.717, 1.165) is 6.07 Å². The first-order valence-electron chi connectivity index (χ1n) is 9.77. The van der Waals surface area contributed by atoms with Gasteiger partial charge in [0.1, 0.15) is 10.7 Å². The summed E-state index contributed by atoms with van der Waals surface area (Å²) in [6.07, 6.45) is -3.08. The predicted octanol–water partition coefficient (Wildman–Crippen LogP) is 4.56. The standard InChI is InChI=1S/C21H19ClF3N3O3S/c22-17-6-5-13(11-19(17)32(30,31)28-9-7-14(29)8-10-28)20-26-12-18(27-20)15-3-1-2-4-16(15)21(23,24)25/h1-6,11-12,14,29H,7-10H2,(H,26,27). The SMILES string of the molecule is O=S(=O)(c1cc(-c2nc(-c3ccccc3C(F)(F)F)c[nH]2)ccc1Cl)N1CCC(O)CC1. The van der Waals surface area contributed by atoms with Crippen molar-refractivity contribution in [1.82, 2.24) is 14.3 Å². The Hall–Kier alpha value is -2.40. The molecule has 2 aromatic carbocycles. The number of hydrogen-bond donors (Lipinski definition) is 2. The molecule has 2 N–H and O–H groups in total. The molecule has 4 rings (SSSR count). The highest BCUT2D eigenvalue weighted by atomic mass is 35.5. The van der Waals surface area contributed by atoms with Crippen molar-refractivity contribution in [1.29, 1.82) is 0 Å². The van der Waals surface area contributed by atoms with Gasteiger partial charge >= 0.3 is 6.18 Å². The number of aliphatic hydroxyl groups is 1. The zero-order chi connectivity index (χ0) is 23.1. The van der Waals surface area contributed by atoms with Gasteiger partial charge in [-0.2, -0.15) is 17.5 Å². The number of nitrogens with one attached hydrogen (secondary N) is 1. The number of halogens is 4. The third-order valence-electron chi connectivity index (χ3n) is 5.33. The Morgan fingerprint density at radius 2 is 1.81 bits per heavy atom. The van der Waals surface area contributed by atoms with Crippen molar-refractivity contribution in [3.8, 4) is 22.6 Å². The lowest BCUT2D eigenvalue weighted by atomic mass is 10.0. The van der Waals surface area contributed by atoms with Crippen LogP contribution in [0, 0.1) is 0 Å². The minimum Gasteiger partial charge on any atom is -0.393 e. The number of nitrogens with zero attached hydrogens (tertiary/aromatic N) is 2. The highest BCUT2D eigenvalue weighted by molar-refractivity contribution is 7.89. The summed E-state index contributed by atoms with van der Waals surface area (Å²) >= 11 is 6.18. The zero-order valence-corrected chi connectivity index (χ0v) is 18.2. The molecule has 0 spiro atoms. The van der Waals surface area contributed by atoms with Crippen LogP contribution in [0.1, 0.15) is 18.4 Å². The number of benzene rings is 2. The molecule has 0 aliphatic carbocycles. The summed E-state index contributed by atoms with van der Waals surface area (Å²) in [5.74, 6) is 0.208. The number of imidazole rings is 1. The Kier molecular flexibility index (Phi) is 6.06. The van der Waals surface area contributed by atoms with Gasteiger partial charge in [0.25, 0.3) is 0 Å². The molecule has 11 heteroatoms. The van der Waals surface area contributed by atoms with E-state index in [1.54, 1.807) is 6.07 Å². The maximum atomic E-state index is 13.4. The Bertz CT molecular complexity index is 1240. The number of piperidine rings is 1. The second-order valence-electron chi connectivity index (χ2n) is 7.46. The van der Waals surface area contributed by atoms with Crippen LogP contribution in [0.2, 0.25) is 5.02 Å². The van der Waals surface area contributed by atoms with Crippen LogP contribution in [0.4, 0.5) is 13.2 Å². The summed E-state index contributed by atoms with van der Waals surface area (Å²) in [7, 11) is -3.92. The van der Waals surface area contributed by atoms with Gasteiger partial charge in [0.15, 0.2) is 0 Å². The number of alkyl halides is 3. The topological polar surface area (TPSA) is 86.3 Å². The highest BCUT2D eigenvalue weighted by Gasteiger charge is 2.34. The van der Waals surface area contributed by atoms with Gasteiger partial charge in [0.05, 0.1) is 22.4 Å². The van der Waals surface area contributed by atoms with Gasteiger partial charge in [-0.1, -0.05) is 29.8 Å². The van der Waals surface area contributed by atoms with Gasteiger partial charge in [0, 0.05) is 30.4 Å². The van der Waals surface area contributed by atoms with Crippen LogP contribution in [0.5, 0.6) is 0 Å². The minimum absolute atomic E-state index is 0.0223. The molecule has 0 saturated carbocycles. The largest absolute Gasteiger partial charge is 0.417 e. The first-order chi connectivity index (χ1) is 15.1. The van der Waals surface area contributed by atoms with Gasteiger partial charge in [-0.3, -0.25) is 0 Å². The lowest BCUT2D eigenvalue weighted by molar-refractivity contribution is -0.137. The number of aliphatic hydroxyl groups excluding tert-OH is 1. The smallest absolute Gasteiger partial charge is 0.393 e. The Morgan fingerprint density at radius 1 is 1.12 bits per heavy atom. The van der Waals surface area contributed by atoms with Gasteiger partial charge in [-0.25, -0.2) is 13.4 Å². The summed E-state index contributed by atoms with van der Waals surface area (Å²) in [4.78, 5) is 6.96. The van der Waals surface area contributed by atoms with Crippen molar-refractivity contribution < 1.29 is 26.7 Å². The quantitative estimate of drug-likeness (QED) is 0.567. The molecular formula is C21H19ClF3N3O3S. The van der Waals surface area contributed by atoms with E-state index in [4.69, 9.17) is 11.6 Å². The summed E-state index contributed by atoms with van der Waals surface area (Å²) in [5, 5.41) is 9.67. The Labute approximate surface area is 187 Å². The van der Waals surface area contributed by atoms with Crippen molar-refractivity contribution in [2.75, 3.05) is 13.1 Å². The molecular weight excluding hydrogens is 467 g/mol. The predicted molar refractivity (Wildman–Crippen MR) is 113 cm³/mol. The van der Waals surface area contributed by atoms with Crippen LogP contribution in [0.25, 0.3) is 22.6 Å². The summed E-state index contributed by atoms with van der Waals surface area (Å²) in [6.45, 7) is 0.340. The second-order valence-corrected chi connectivity index (χ2v) is 9.77. The fraction of sp³-hybridized carbons (Fsp3) is 0.286. The second kappa shape index (κ2) is 8.51. The summed E-state index contributed by atoms with van der Waals surface area (Å²) in [6, 6.07) is 9.39. The molecule has 1 aliphatic rings. The fourth-order valence-corrected chi connectivity index (χ4v) is 5.60. The van der Waals surface area contributed by atoms with Crippen LogP contribution >= 0.6 is 11.6 Å². The van der Waals surface area contributed by atoms with E-state index in [1.807, 2.05) is 0 Å².